The number of ether oxygens (including phenoxy) is 2. The predicted molar refractivity (Wildman–Crippen MR) is 141 cm³/mol. The highest BCUT2D eigenvalue weighted by atomic mass is 16.5. The van der Waals surface area contributed by atoms with Crippen LogP contribution in [-0.4, -0.2) is 86.0 Å². The number of carboxylic acid groups (broad SMARTS) is 1. The summed E-state index contributed by atoms with van der Waals surface area (Å²) in [5.74, 6) is 0.475. The van der Waals surface area contributed by atoms with Crippen LogP contribution in [0, 0.1) is 0 Å². The van der Waals surface area contributed by atoms with Gasteiger partial charge in [-0.25, -0.2) is 9.97 Å². The molecule has 1 aliphatic heterocycles. The zero-order valence-corrected chi connectivity index (χ0v) is 21.7. The number of methoxy groups -OCH3 is 2. The van der Waals surface area contributed by atoms with E-state index in [1.807, 2.05) is 25.1 Å². The summed E-state index contributed by atoms with van der Waals surface area (Å²) in [6, 6.07) is 3.62. The molecule has 1 aliphatic rings. The van der Waals surface area contributed by atoms with Crippen molar-refractivity contribution in [1.82, 2.24) is 20.2 Å². The molecule has 1 unspecified atom stereocenters. The van der Waals surface area contributed by atoms with Crippen LogP contribution in [0.25, 0.3) is 0 Å². The van der Waals surface area contributed by atoms with Crippen molar-refractivity contribution in [3.63, 3.8) is 0 Å². The number of hydrogen-bond donors (Lipinski definition) is 4. The minimum Gasteiger partial charge on any atom is -0.493 e. The number of anilines is 2. The van der Waals surface area contributed by atoms with E-state index in [1.54, 1.807) is 26.5 Å². The first-order valence-corrected chi connectivity index (χ1v) is 12.1. The number of aliphatic imine (C=N–C) groups is 1. The summed E-state index contributed by atoms with van der Waals surface area (Å²) in [6.07, 6.45) is 4.55. The molecule has 0 bridgehead atoms. The number of fused-ring (bicyclic) bond motifs is 1. The lowest BCUT2D eigenvalue weighted by Crippen LogP contribution is -2.20. The third kappa shape index (κ3) is 7.37. The van der Waals surface area contributed by atoms with E-state index >= 15 is 0 Å². The average molecular weight is 514 g/mol. The Kier molecular flexibility index (Phi) is 10.2. The fourth-order valence-corrected chi connectivity index (χ4v) is 4.12. The van der Waals surface area contributed by atoms with Gasteiger partial charge in [-0.1, -0.05) is 0 Å². The number of aromatic nitrogens is 2. The number of benzene rings is 1. The van der Waals surface area contributed by atoms with Gasteiger partial charge < -0.3 is 35.4 Å². The monoisotopic (exact) mass is 513 g/mol. The van der Waals surface area contributed by atoms with Crippen molar-refractivity contribution in [2.45, 2.75) is 31.7 Å². The average Bonchev–Trinajstić information content (AvgIpc) is 3.20. The molecule has 12 heteroatoms. The number of carbonyl (C=O) groups excluding carboxylic acids is 1. The van der Waals surface area contributed by atoms with E-state index in [9.17, 15) is 9.59 Å². The summed E-state index contributed by atoms with van der Waals surface area (Å²) in [5, 5.41) is 18.1. The van der Waals surface area contributed by atoms with Gasteiger partial charge in [-0.3, -0.25) is 14.6 Å². The van der Waals surface area contributed by atoms with Crippen LogP contribution >= 0.6 is 0 Å². The van der Waals surface area contributed by atoms with Gasteiger partial charge in [0.2, 0.25) is 5.91 Å². The van der Waals surface area contributed by atoms with Crippen LogP contribution in [0.1, 0.15) is 36.3 Å². The lowest BCUT2D eigenvalue weighted by atomic mass is 10.0. The number of nitrogens with zero attached hydrogens (tertiary/aromatic N) is 4. The van der Waals surface area contributed by atoms with Gasteiger partial charge in [-0.05, 0) is 46.1 Å². The van der Waals surface area contributed by atoms with Crippen molar-refractivity contribution in [1.29, 1.82) is 0 Å². The van der Waals surface area contributed by atoms with E-state index in [-0.39, 0.29) is 12.3 Å². The standard InChI is InChI=1S/C25H35N7O5/c1-26-8-6-9-27-23-21-18(25(35)31-24(21)30-15-29-23)13-28-17-11-16(22(37-4)19(12-17)36-3)14-32(2)10-5-7-20(33)34/h11-13,15,18,26H,5-10,14H2,1-4H3,(H,33,34)(H2,27,29,30,31,35). The summed E-state index contributed by atoms with van der Waals surface area (Å²) < 4.78 is 11.1. The highest BCUT2D eigenvalue weighted by Gasteiger charge is 2.33. The number of hydrogen-bond acceptors (Lipinski definition) is 10. The van der Waals surface area contributed by atoms with Crippen LogP contribution in [0.2, 0.25) is 0 Å². The van der Waals surface area contributed by atoms with Gasteiger partial charge in [-0.15, -0.1) is 0 Å². The van der Waals surface area contributed by atoms with E-state index < -0.39 is 11.9 Å². The van der Waals surface area contributed by atoms with Gasteiger partial charge in [0.15, 0.2) is 11.5 Å². The normalized spacial score (nSPS) is 14.6. The molecule has 0 saturated carbocycles. The van der Waals surface area contributed by atoms with Crippen molar-refractivity contribution in [3.8, 4) is 11.5 Å². The molecule has 3 rings (SSSR count). The molecule has 1 aromatic carbocycles. The Morgan fingerprint density at radius 2 is 2.05 bits per heavy atom. The Morgan fingerprint density at radius 3 is 2.76 bits per heavy atom. The van der Waals surface area contributed by atoms with Gasteiger partial charge in [0.1, 0.15) is 23.9 Å². The summed E-state index contributed by atoms with van der Waals surface area (Å²) in [6.45, 7) is 2.66. The fraction of sp³-hybridized carbons (Fsp3) is 0.480. The van der Waals surface area contributed by atoms with Gasteiger partial charge >= 0.3 is 5.97 Å². The molecule has 12 nitrogen and oxygen atoms in total. The van der Waals surface area contributed by atoms with Crippen molar-refractivity contribution >= 4 is 35.4 Å². The molecule has 0 spiro atoms. The first kappa shape index (κ1) is 27.8. The van der Waals surface area contributed by atoms with E-state index in [0.29, 0.717) is 60.4 Å². The second-order valence-corrected chi connectivity index (χ2v) is 8.69. The molecule has 1 atom stereocenters. The number of nitrogens with one attached hydrogen (secondary N) is 3. The Balaban J connectivity index is 1.84. The van der Waals surface area contributed by atoms with Crippen molar-refractivity contribution < 1.29 is 24.2 Å². The summed E-state index contributed by atoms with van der Waals surface area (Å²) in [5.41, 5.74) is 2.09. The lowest BCUT2D eigenvalue weighted by Gasteiger charge is -2.20. The maximum absolute atomic E-state index is 12.8. The first-order valence-electron chi connectivity index (χ1n) is 12.1. The highest BCUT2D eigenvalue weighted by Crippen LogP contribution is 2.38. The largest absolute Gasteiger partial charge is 0.493 e. The second-order valence-electron chi connectivity index (χ2n) is 8.69. The quantitative estimate of drug-likeness (QED) is 0.206. The molecule has 2 heterocycles. The van der Waals surface area contributed by atoms with Crippen LogP contribution in [-0.2, 0) is 16.1 Å². The third-order valence-corrected chi connectivity index (χ3v) is 5.90. The van der Waals surface area contributed by atoms with Gasteiger partial charge in [-0.2, -0.15) is 0 Å². The van der Waals surface area contributed by atoms with Gasteiger partial charge in [0.25, 0.3) is 0 Å². The molecule has 37 heavy (non-hydrogen) atoms. The smallest absolute Gasteiger partial charge is 0.303 e. The molecule has 0 aliphatic carbocycles. The Hall–Kier alpha value is -3.77. The first-order chi connectivity index (χ1) is 17.9. The van der Waals surface area contributed by atoms with E-state index in [1.165, 1.54) is 6.33 Å². The maximum Gasteiger partial charge on any atom is 0.303 e. The summed E-state index contributed by atoms with van der Waals surface area (Å²) >= 11 is 0. The van der Waals surface area contributed by atoms with E-state index in [2.05, 4.69) is 30.9 Å². The predicted octanol–water partition coefficient (Wildman–Crippen LogP) is 2.25. The number of amides is 1. The molecular formula is C25H35N7O5. The Bertz CT molecular complexity index is 1120. The lowest BCUT2D eigenvalue weighted by molar-refractivity contribution is -0.137. The van der Waals surface area contributed by atoms with Crippen molar-refractivity contribution in [3.05, 3.63) is 29.6 Å². The van der Waals surface area contributed by atoms with Gasteiger partial charge in [0, 0.05) is 37.4 Å². The number of carboxylic acids is 1. The summed E-state index contributed by atoms with van der Waals surface area (Å²) in [4.78, 5) is 38.8. The topological polar surface area (TPSA) is 150 Å². The minimum absolute atomic E-state index is 0.107. The molecular weight excluding hydrogens is 478 g/mol. The van der Waals surface area contributed by atoms with Crippen LogP contribution in [0.15, 0.2) is 23.5 Å². The molecule has 0 saturated heterocycles. The zero-order chi connectivity index (χ0) is 26.8. The SMILES string of the molecule is CNCCCNc1ncnc2c1C(C=Nc1cc(CN(C)CCCC(=O)O)c(OC)c(OC)c1)C(=O)N2. The van der Waals surface area contributed by atoms with Crippen molar-refractivity contribution in [2.24, 2.45) is 4.99 Å². The molecule has 0 radical (unpaired) electrons. The molecule has 2 aromatic rings. The molecule has 200 valence electrons. The minimum atomic E-state index is -0.816. The van der Waals surface area contributed by atoms with E-state index in [4.69, 9.17) is 14.6 Å². The zero-order valence-electron chi connectivity index (χ0n) is 21.7. The summed E-state index contributed by atoms with van der Waals surface area (Å²) in [7, 11) is 6.93. The van der Waals surface area contributed by atoms with Gasteiger partial charge in [0.05, 0.1) is 25.5 Å². The Morgan fingerprint density at radius 1 is 1.24 bits per heavy atom. The molecule has 0 fully saturated rings. The third-order valence-electron chi connectivity index (χ3n) is 5.90. The number of rotatable bonds is 15. The van der Waals surface area contributed by atoms with E-state index in [0.717, 1.165) is 18.5 Å². The second kappa shape index (κ2) is 13.5. The van der Waals surface area contributed by atoms with Crippen LogP contribution < -0.4 is 25.4 Å². The highest BCUT2D eigenvalue weighted by molar-refractivity contribution is 6.13. The van der Waals surface area contributed by atoms with Crippen LogP contribution in [0.4, 0.5) is 17.3 Å². The fourth-order valence-electron chi connectivity index (χ4n) is 4.12. The Labute approximate surface area is 216 Å². The molecule has 4 N–H and O–H groups in total. The maximum atomic E-state index is 12.8. The van der Waals surface area contributed by atoms with Crippen LogP contribution in [0.5, 0.6) is 11.5 Å². The number of carbonyl (C=O) groups is 2. The number of aliphatic carboxylic acids is 1. The van der Waals surface area contributed by atoms with Crippen molar-refractivity contribution in [2.75, 3.05) is 58.6 Å². The van der Waals surface area contributed by atoms with Crippen LogP contribution in [0.3, 0.4) is 0 Å². The molecule has 1 amide bonds. The molecule has 1 aromatic heterocycles.